The monoisotopic (exact) mass is 463 g/mol. The lowest BCUT2D eigenvalue weighted by atomic mass is 9.98. The van der Waals surface area contributed by atoms with Gasteiger partial charge in [0, 0.05) is 17.5 Å². The third-order valence-electron chi connectivity index (χ3n) is 5.05. The maximum absolute atomic E-state index is 13.5. The van der Waals surface area contributed by atoms with Crippen LogP contribution >= 0.6 is 11.8 Å². The molecule has 0 aromatic heterocycles. The van der Waals surface area contributed by atoms with Gasteiger partial charge in [0.05, 0.1) is 13.7 Å². The molecule has 0 radical (unpaired) electrons. The zero-order valence-corrected chi connectivity index (χ0v) is 18.2. The quantitative estimate of drug-likeness (QED) is 0.282. The molecule has 0 bridgehead atoms. The smallest absolute Gasteiger partial charge is 0.132 e. The first-order valence-corrected chi connectivity index (χ1v) is 11.0. The molecule has 1 aliphatic heterocycles. The topological polar surface area (TPSA) is 127 Å². The van der Waals surface area contributed by atoms with Crippen LogP contribution in [0.25, 0.3) is 0 Å². The number of ether oxygens (including phenoxy) is 2. The van der Waals surface area contributed by atoms with Gasteiger partial charge < -0.3 is 35.6 Å². The van der Waals surface area contributed by atoms with E-state index in [0.29, 0.717) is 11.3 Å². The SMILES string of the molecule is COc1ccc(CSC2O[C@H](CO)[C@H](O)[C@H](NN=C(C=N)c3cccc(F)c3)[C@H]2O)cc1. The predicted octanol–water partition coefficient (Wildman–Crippen LogP) is 1.52. The van der Waals surface area contributed by atoms with Gasteiger partial charge in [0.25, 0.3) is 0 Å². The molecule has 5 atom stereocenters. The lowest BCUT2D eigenvalue weighted by molar-refractivity contribution is -0.166. The molecule has 0 saturated carbocycles. The summed E-state index contributed by atoms with van der Waals surface area (Å²) < 4.78 is 24.4. The van der Waals surface area contributed by atoms with Crippen LogP contribution in [0.4, 0.5) is 4.39 Å². The van der Waals surface area contributed by atoms with Crippen molar-refractivity contribution < 1.29 is 29.2 Å². The average Bonchev–Trinajstić information content (AvgIpc) is 2.81. The summed E-state index contributed by atoms with van der Waals surface area (Å²) in [4.78, 5) is 0. The highest BCUT2D eigenvalue weighted by Gasteiger charge is 2.44. The number of benzene rings is 2. The molecule has 172 valence electrons. The predicted molar refractivity (Wildman–Crippen MR) is 121 cm³/mol. The summed E-state index contributed by atoms with van der Waals surface area (Å²) in [6.45, 7) is -0.448. The summed E-state index contributed by atoms with van der Waals surface area (Å²) >= 11 is 1.32. The van der Waals surface area contributed by atoms with Crippen LogP contribution in [-0.4, -0.2) is 70.8 Å². The number of aliphatic hydroxyl groups is 3. The second-order valence-electron chi connectivity index (χ2n) is 7.17. The van der Waals surface area contributed by atoms with Crippen molar-refractivity contribution in [3.63, 3.8) is 0 Å². The fourth-order valence-corrected chi connectivity index (χ4v) is 4.39. The number of hydrogen-bond donors (Lipinski definition) is 5. The summed E-state index contributed by atoms with van der Waals surface area (Å²) in [6.07, 6.45) is -2.41. The van der Waals surface area contributed by atoms with E-state index in [1.807, 2.05) is 24.3 Å². The Kier molecular flexibility index (Phi) is 8.60. The highest BCUT2D eigenvalue weighted by Crippen LogP contribution is 2.31. The van der Waals surface area contributed by atoms with Gasteiger partial charge in [-0.1, -0.05) is 24.3 Å². The van der Waals surface area contributed by atoms with Crippen molar-refractivity contribution >= 4 is 23.7 Å². The van der Waals surface area contributed by atoms with Crippen molar-refractivity contribution in [3.8, 4) is 5.75 Å². The van der Waals surface area contributed by atoms with Crippen molar-refractivity contribution in [1.29, 1.82) is 5.41 Å². The van der Waals surface area contributed by atoms with Gasteiger partial charge in [0.1, 0.15) is 47.1 Å². The van der Waals surface area contributed by atoms with Gasteiger partial charge in [-0.3, -0.25) is 0 Å². The molecule has 0 amide bonds. The molecule has 1 unspecified atom stereocenters. The first-order valence-electron chi connectivity index (χ1n) is 9.93. The van der Waals surface area contributed by atoms with E-state index in [2.05, 4.69) is 10.5 Å². The van der Waals surface area contributed by atoms with Crippen LogP contribution in [-0.2, 0) is 10.5 Å². The van der Waals surface area contributed by atoms with Crippen LogP contribution < -0.4 is 10.2 Å². The van der Waals surface area contributed by atoms with E-state index < -0.39 is 42.2 Å². The molecule has 2 aromatic carbocycles. The number of nitrogens with zero attached hydrogens (tertiary/aromatic N) is 1. The van der Waals surface area contributed by atoms with Gasteiger partial charge in [-0.15, -0.1) is 11.8 Å². The molecule has 32 heavy (non-hydrogen) atoms. The normalized spacial score (nSPS) is 25.9. The maximum atomic E-state index is 13.5. The lowest BCUT2D eigenvalue weighted by Crippen LogP contribution is -2.62. The number of hydrazone groups is 1. The van der Waals surface area contributed by atoms with Crippen molar-refractivity contribution in [3.05, 3.63) is 65.5 Å². The number of methoxy groups -OCH3 is 1. The number of aliphatic hydroxyl groups excluding tert-OH is 3. The van der Waals surface area contributed by atoms with Gasteiger partial charge >= 0.3 is 0 Å². The van der Waals surface area contributed by atoms with Crippen LogP contribution in [0.5, 0.6) is 5.75 Å². The Bertz CT molecular complexity index is 930. The van der Waals surface area contributed by atoms with Gasteiger partial charge in [-0.25, -0.2) is 4.39 Å². The molecule has 1 fully saturated rings. The Balaban J connectivity index is 1.72. The highest BCUT2D eigenvalue weighted by atomic mass is 32.2. The molecule has 1 heterocycles. The highest BCUT2D eigenvalue weighted by molar-refractivity contribution is 7.99. The number of hydrogen-bond acceptors (Lipinski definition) is 9. The van der Waals surface area contributed by atoms with Gasteiger partial charge in [0.15, 0.2) is 0 Å². The number of rotatable bonds is 9. The number of thioether (sulfide) groups is 1. The maximum Gasteiger partial charge on any atom is 0.132 e. The Labute approximate surface area is 189 Å². The van der Waals surface area contributed by atoms with Crippen LogP contribution in [0.1, 0.15) is 11.1 Å². The van der Waals surface area contributed by atoms with E-state index in [4.69, 9.17) is 14.9 Å². The third-order valence-corrected chi connectivity index (χ3v) is 6.27. The van der Waals surface area contributed by atoms with Crippen LogP contribution in [0.3, 0.4) is 0 Å². The van der Waals surface area contributed by atoms with E-state index in [9.17, 15) is 19.7 Å². The fraction of sp³-hybridized carbons (Fsp3) is 0.364. The summed E-state index contributed by atoms with van der Waals surface area (Å²) in [6, 6.07) is 12.1. The molecule has 0 spiro atoms. The zero-order valence-electron chi connectivity index (χ0n) is 17.4. The van der Waals surface area contributed by atoms with E-state index in [1.54, 1.807) is 13.2 Å². The largest absolute Gasteiger partial charge is 0.497 e. The molecular weight excluding hydrogens is 437 g/mol. The van der Waals surface area contributed by atoms with E-state index in [0.717, 1.165) is 17.5 Å². The van der Waals surface area contributed by atoms with Crippen LogP contribution in [0.15, 0.2) is 53.6 Å². The van der Waals surface area contributed by atoms with Crippen molar-refractivity contribution in [2.24, 2.45) is 5.10 Å². The minimum atomic E-state index is -1.25. The van der Waals surface area contributed by atoms with Crippen LogP contribution in [0.2, 0.25) is 0 Å². The molecule has 3 rings (SSSR count). The van der Waals surface area contributed by atoms with Gasteiger partial charge in [-0.05, 0) is 29.8 Å². The molecule has 1 aliphatic rings. The Hall–Kier alpha value is -2.50. The first kappa shape index (κ1) is 24.1. The van der Waals surface area contributed by atoms with Crippen molar-refractivity contribution in [2.75, 3.05) is 13.7 Å². The molecule has 2 aromatic rings. The van der Waals surface area contributed by atoms with E-state index in [-0.39, 0.29) is 5.71 Å². The molecule has 10 heteroatoms. The second kappa shape index (κ2) is 11.4. The third kappa shape index (κ3) is 5.84. The first-order chi connectivity index (χ1) is 15.5. The molecular formula is C22H26FN3O5S. The fourth-order valence-electron chi connectivity index (χ4n) is 3.25. The summed E-state index contributed by atoms with van der Waals surface area (Å²) in [5.74, 6) is 0.780. The summed E-state index contributed by atoms with van der Waals surface area (Å²) in [7, 11) is 1.59. The van der Waals surface area contributed by atoms with Crippen molar-refractivity contribution in [1.82, 2.24) is 5.43 Å². The zero-order chi connectivity index (χ0) is 23.1. The second-order valence-corrected chi connectivity index (χ2v) is 8.26. The molecule has 0 aliphatic carbocycles. The average molecular weight is 464 g/mol. The van der Waals surface area contributed by atoms with Crippen LogP contribution in [0, 0.1) is 11.2 Å². The molecule has 1 saturated heterocycles. The van der Waals surface area contributed by atoms with E-state index >= 15 is 0 Å². The lowest BCUT2D eigenvalue weighted by Gasteiger charge is -2.41. The molecule has 8 nitrogen and oxygen atoms in total. The standard InChI is InChI=1S/C22H26FN3O5S/c1-30-16-7-5-13(6-8-16)12-32-22-21(29)19(20(28)18(11-27)31-22)26-25-17(10-24)14-3-2-4-15(23)9-14/h2-10,18-22,24,26-29H,11-12H2,1H3/t18-,19+,20+,21-,22?/m1/s1. The molecule has 5 N–H and O–H groups in total. The van der Waals surface area contributed by atoms with Gasteiger partial charge in [-0.2, -0.15) is 5.10 Å². The van der Waals surface area contributed by atoms with E-state index in [1.165, 1.54) is 30.0 Å². The van der Waals surface area contributed by atoms with Crippen molar-refractivity contribution in [2.45, 2.75) is 35.5 Å². The Morgan fingerprint density at radius 1 is 1.25 bits per heavy atom. The summed E-state index contributed by atoms with van der Waals surface area (Å²) in [5, 5.41) is 42.7. The Morgan fingerprint density at radius 2 is 2.00 bits per heavy atom. The Morgan fingerprint density at radius 3 is 2.62 bits per heavy atom. The van der Waals surface area contributed by atoms with Gasteiger partial charge in [0.2, 0.25) is 0 Å². The number of halogens is 1. The minimum Gasteiger partial charge on any atom is -0.497 e. The number of nitrogens with one attached hydrogen (secondary N) is 2. The summed E-state index contributed by atoms with van der Waals surface area (Å²) in [5.41, 5.74) is 3.42. The minimum absolute atomic E-state index is 0.123.